The summed E-state index contributed by atoms with van der Waals surface area (Å²) in [7, 11) is 0. The molecular weight excluding hydrogens is 374 g/mol. The van der Waals surface area contributed by atoms with Gasteiger partial charge in [-0.15, -0.1) is 0 Å². The predicted molar refractivity (Wildman–Crippen MR) is 122 cm³/mol. The number of hydrogen-bond acceptors (Lipinski definition) is 3. The van der Waals surface area contributed by atoms with Crippen LogP contribution in [0.1, 0.15) is 74.6 Å². The highest BCUT2D eigenvalue weighted by Gasteiger charge is 2.16. The summed E-state index contributed by atoms with van der Waals surface area (Å²) in [4.78, 5) is 16.1. The van der Waals surface area contributed by atoms with Crippen LogP contribution >= 0.6 is 0 Å². The van der Waals surface area contributed by atoms with Crippen molar-refractivity contribution in [3.05, 3.63) is 65.5 Å². The van der Waals surface area contributed by atoms with Gasteiger partial charge in [-0.1, -0.05) is 65.2 Å². The van der Waals surface area contributed by atoms with Crippen LogP contribution in [-0.4, -0.2) is 16.1 Å². The first-order chi connectivity index (χ1) is 14.4. The highest BCUT2D eigenvalue weighted by atomic mass is 16.5. The van der Waals surface area contributed by atoms with Gasteiger partial charge in [-0.2, -0.15) is 0 Å². The predicted octanol–water partition coefficient (Wildman–Crippen LogP) is 7.22. The minimum atomic E-state index is -0.993. The fourth-order valence-electron chi connectivity index (χ4n) is 3.81. The van der Waals surface area contributed by atoms with E-state index in [4.69, 9.17) is 4.74 Å². The lowest BCUT2D eigenvalue weighted by molar-refractivity contribution is 0.0690. The summed E-state index contributed by atoms with van der Waals surface area (Å²) < 4.78 is 6.09. The van der Waals surface area contributed by atoms with Gasteiger partial charge in [0.1, 0.15) is 17.2 Å². The minimum absolute atomic E-state index is 0.0989. The minimum Gasteiger partial charge on any atom is -0.477 e. The number of carbonyl (C=O) groups is 1. The maximum absolute atomic E-state index is 11.6. The Morgan fingerprint density at radius 1 is 1.03 bits per heavy atom. The highest BCUT2D eigenvalue weighted by molar-refractivity contribution is 5.94. The lowest BCUT2D eigenvalue weighted by atomic mass is 9.93. The van der Waals surface area contributed by atoms with Crippen molar-refractivity contribution in [3.63, 3.8) is 0 Å². The molecule has 1 atom stereocenters. The summed E-state index contributed by atoms with van der Waals surface area (Å²) in [6.07, 6.45) is 4.03. The Balaban J connectivity index is 1.97. The van der Waals surface area contributed by atoms with Crippen molar-refractivity contribution in [3.8, 4) is 11.5 Å². The van der Waals surface area contributed by atoms with Crippen LogP contribution in [0.15, 0.2) is 48.5 Å². The topological polar surface area (TPSA) is 59.4 Å². The summed E-state index contributed by atoms with van der Waals surface area (Å²) >= 11 is 0. The smallest absolute Gasteiger partial charge is 0.354 e. The summed E-state index contributed by atoms with van der Waals surface area (Å²) in [5.41, 5.74) is 2.21. The van der Waals surface area contributed by atoms with E-state index in [-0.39, 0.29) is 5.69 Å². The second-order valence-electron chi connectivity index (χ2n) is 8.24. The van der Waals surface area contributed by atoms with E-state index in [0.29, 0.717) is 11.8 Å². The number of aromatic carboxylic acids is 1. The molecule has 158 valence electrons. The molecule has 0 aliphatic carbocycles. The molecule has 0 amide bonds. The van der Waals surface area contributed by atoms with E-state index < -0.39 is 5.97 Å². The van der Waals surface area contributed by atoms with Crippen LogP contribution in [0.4, 0.5) is 0 Å². The highest BCUT2D eigenvalue weighted by Crippen LogP contribution is 2.30. The number of carboxylic acids is 1. The summed E-state index contributed by atoms with van der Waals surface area (Å²) in [5, 5.41) is 11.3. The molecule has 3 aromatic rings. The average molecular weight is 406 g/mol. The van der Waals surface area contributed by atoms with Crippen molar-refractivity contribution in [2.75, 3.05) is 0 Å². The number of rotatable bonds is 9. The molecule has 0 aliphatic rings. The Morgan fingerprint density at radius 3 is 2.33 bits per heavy atom. The van der Waals surface area contributed by atoms with Gasteiger partial charge in [0.25, 0.3) is 0 Å². The third-order valence-electron chi connectivity index (χ3n) is 5.64. The number of ether oxygens (including phenoxy) is 1. The molecule has 0 radical (unpaired) electrons. The second-order valence-corrected chi connectivity index (χ2v) is 8.24. The first-order valence-electron chi connectivity index (χ1n) is 10.9. The van der Waals surface area contributed by atoms with Gasteiger partial charge < -0.3 is 9.84 Å². The first kappa shape index (κ1) is 21.8. The van der Waals surface area contributed by atoms with Crippen LogP contribution < -0.4 is 4.74 Å². The van der Waals surface area contributed by atoms with Crippen molar-refractivity contribution in [2.24, 2.45) is 5.92 Å². The van der Waals surface area contributed by atoms with Crippen LogP contribution in [0.3, 0.4) is 0 Å². The monoisotopic (exact) mass is 405 g/mol. The number of aromatic nitrogens is 1. The van der Waals surface area contributed by atoms with E-state index in [0.717, 1.165) is 53.6 Å². The van der Waals surface area contributed by atoms with Crippen molar-refractivity contribution >= 4 is 16.7 Å². The van der Waals surface area contributed by atoms with Gasteiger partial charge in [0.15, 0.2) is 0 Å². The average Bonchev–Trinajstić information content (AvgIpc) is 2.73. The summed E-state index contributed by atoms with van der Waals surface area (Å²) in [5.74, 6) is 1.49. The van der Waals surface area contributed by atoms with Crippen LogP contribution in [0.5, 0.6) is 11.5 Å². The molecule has 0 aliphatic heterocycles. The molecule has 0 fully saturated rings. The molecule has 0 bridgehead atoms. The molecule has 0 spiro atoms. The molecule has 1 aromatic heterocycles. The van der Waals surface area contributed by atoms with E-state index >= 15 is 0 Å². The molecule has 30 heavy (non-hydrogen) atoms. The number of fused-ring (bicyclic) bond motifs is 1. The number of benzene rings is 2. The van der Waals surface area contributed by atoms with Gasteiger partial charge in [-0.05, 0) is 59.5 Å². The van der Waals surface area contributed by atoms with E-state index in [2.05, 4.69) is 44.8 Å². The summed E-state index contributed by atoms with van der Waals surface area (Å²) in [6, 6.07) is 15.6. The molecule has 4 nitrogen and oxygen atoms in total. The standard InChI is InChI=1S/C26H31NO3/c1-5-7-18(6-2)14-24-23-16-22(13-10-20(23)15-25(27-24)26(28)29)30-21-11-8-19(9-12-21)17(3)4/h8-13,15-18H,5-7,14H2,1-4H3,(H,28,29). The van der Waals surface area contributed by atoms with E-state index in [1.807, 2.05) is 30.3 Å². The molecule has 4 heteroatoms. The molecule has 2 aromatic carbocycles. The molecule has 1 N–H and O–H groups in total. The lowest BCUT2D eigenvalue weighted by Crippen LogP contribution is -2.09. The van der Waals surface area contributed by atoms with Crippen molar-refractivity contribution < 1.29 is 14.6 Å². The number of pyridine rings is 1. The van der Waals surface area contributed by atoms with Gasteiger partial charge in [0, 0.05) is 11.1 Å². The number of carboxylic acid groups (broad SMARTS) is 1. The SMILES string of the molecule is CCCC(CC)Cc1nc(C(=O)O)cc2ccc(Oc3ccc(C(C)C)cc3)cc12. The Hall–Kier alpha value is -2.88. The first-order valence-corrected chi connectivity index (χ1v) is 10.9. The maximum Gasteiger partial charge on any atom is 0.354 e. The Morgan fingerprint density at radius 2 is 1.73 bits per heavy atom. The van der Waals surface area contributed by atoms with Crippen LogP contribution in [-0.2, 0) is 6.42 Å². The molecule has 0 saturated carbocycles. The maximum atomic E-state index is 11.6. The fraction of sp³-hybridized carbons (Fsp3) is 0.385. The zero-order valence-corrected chi connectivity index (χ0v) is 18.3. The summed E-state index contributed by atoms with van der Waals surface area (Å²) in [6.45, 7) is 8.69. The molecule has 1 unspecified atom stereocenters. The van der Waals surface area contributed by atoms with Crippen LogP contribution in [0, 0.1) is 5.92 Å². The number of nitrogens with zero attached hydrogens (tertiary/aromatic N) is 1. The lowest BCUT2D eigenvalue weighted by Gasteiger charge is -2.16. The molecule has 0 saturated heterocycles. The Kier molecular flexibility index (Phi) is 7.09. The third kappa shape index (κ3) is 5.18. The van der Waals surface area contributed by atoms with Gasteiger partial charge >= 0.3 is 5.97 Å². The quantitative estimate of drug-likeness (QED) is 0.408. The Bertz CT molecular complexity index is 1010. The normalized spacial score (nSPS) is 12.3. The van der Waals surface area contributed by atoms with E-state index in [1.165, 1.54) is 5.56 Å². The fourth-order valence-corrected chi connectivity index (χ4v) is 3.81. The van der Waals surface area contributed by atoms with Gasteiger partial charge in [-0.3, -0.25) is 0 Å². The largest absolute Gasteiger partial charge is 0.477 e. The van der Waals surface area contributed by atoms with Crippen LogP contribution in [0.2, 0.25) is 0 Å². The molecule has 3 rings (SSSR count). The molecular formula is C26H31NO3. The van der Waals surface area contributed by atoms with E-state index in [9.17, 15) is 9.90 Å². The molecule has 1 heterocycles. The van der Waals surface area contributed by atoms with Gasteiger partial charge in [0.2, 0.25) is 0 Å². The zero-order valence-electron chi connectivity index (χ0n) is 18.3. The van der Waals surface area contributed by atoms with Crippen molar-refractivity contribution in [2.45, 2.75) is 59.3 Å². The second kappa shape index (κ2) is 9.75. The van der Waals surface area contributed by atoms with Crippen molar-refractivity contribution in [1.29, 1.82) is 0 Å². The van der Waals surface area contributed by atoms with Gasteiger partial charge in [-0.25, -0.2) is 9.78 Å². The van der Waals surface area contributed by atoms with Gasteiger partial charge in [0.05, 0.1) is 0 Å². The van der Waals surface area contributed by atoms with Crippen LogP contribution in [0.25, 0.3) is 10.8 Å². The third-order valence-corrected chi connectivity index (χ3v) is 5.64. The zero-order chi connectivity index (χ0) is 21.7. The van der Waals surface area contributed by atoms with Crippen molar-refractivity contribution in [1.82, 2.24) is 4.98 Å². The van der Waals surface area contributed by atoms with E-state index in [1.54, 1.807) is 6.07 Å². The Labute approximate surface area is 178 Å². The number of hydrogen-bond donors (Lipinski definition) is 1.